The van der Waals surface area contributed by atoms with Gasteiger partial charge >= 0.3 is 11.9 Å². The Hall–Kier alpha value is -1.70. The fraction of sp³-hybridized carbons (Fsp3) is 0.750. The Kier molecular flexibility index (Phi) is 8.16. The molecular formula is C24H34O7. The van der Waals surface area contributed by atoms with E-state index in [2.05, 4.69) is 0 Å². The third kappa shape index (κ3) is 7.74. The van der Waals surface area contributed by atoms with Crippen LogP contribution in [0.2, 0.25) is 0 Å². The molecule has 6 unspecified atom stereocenters. The Morgan fingerprint density at radius 3 is 1.61 bits per heavy atom. The average molecular weight is 435 g/mol. The van der Waals surface area contributed by atoms with Gasteiger partial charge in [-0.3, -0.25) is 9.59 Å². The van der Waals surface area contributed by atoms with E-state index in [1.165, 1.54) is 0 Å². The molecule has 1 saturated carbocycles. The summed E-state index contributed by atoms with van der Waals surface area (Å²) in [6.07, 6.45) is 16.2. The highest BCUT2D eigenvalue weighted by Gasteiger charge is 2.53. The Morgan fingerprint density at radius 2 is 1.19 bits per heavy atom. The zero-order valence-corrected chi connectivity index (χ0v) is 18.1. The van der Waals surface area contributed by atoms with Crippen LogP contribution >= 0.6 is 0 Å². The van der Waals surface area contributed by atoms with Gasteiger partial charge < -0.3 is 23.7 Å². The van der Waals surface area contributed by atoms with Crippen molar-refractivity contribution in [2.24, 2.45) is 11.8 Å². The molecule has 0 aromatic rings. The fourth-order valence-electron chi connectivity index (χ4n) is 4.19. The van der Waals surface area contributed by atoms with E-state index in [1.54, 1.807) is 0 Å². The molecule has 31 heavy (non-hydrogen) atoms. The van der Waals surface area contributed by atoms with Gasteiger partial charge in [0.25, 0.3) is 0 Å². The van der Waals surface area contributed by atoms with E-state index in [4.69, 9.17) is 23.7 Å². The molecule has 3 heterocycles. The molecule has 7 nitrogen and oxygen atoms in total. The molecular weight excluding hydrogens is 400 g/mol. The zero-order valence-electron chi connectivity index (χ0n) is 18.1. The number of epoxide rings is 3. The monoisotopic (exact) mass is 434 g/mol. The third-order valence-electron chi connectivity index (χ3n) is 6.33. The first-order valence-corrected chi connectivity index (χ1v) is 11.7. The van der Waals surface area contributed by atoms with Crippen LogP contribution < -0.4 is 0 Å². The van der Waals surface area contributed by atoms with Crippen molar-refractivity contribution in [2.75, 3.05) is 26.4 Å². The summed E-state index contributed by atoms with van der Waals surface area (Å²) in [5.41, 5.74) is 0. The molecule has 4 rings (SSSR count). The van der Waals surface area contributed by atoms with Gasteiger partial charge in [-0.1, -0.05) is 24.3 Å². The molecule has 0 N–H and O–H groups in total. The van der Waals surface area contributed by atoms with Crippen LogP contribution in [0.1, 0.15) is 51.4 Å². The lowest BCUT2D eigenvalue weighted by Gasteiger charge is -2.25. The summed E-state index contributed by atoms with van der Waals surface area (Å²) in [7, 11) is 0. The van der Waals surface area contributed by atoms with Gasteiger partial charge in [-0.15, -0.1) is 0 Å². The maximum atomic E-state index is 12.6. The number of allylic oxidation sites excluding steroid dienone is 2. The van der Waals surface area contributed by atoms with E-state index in [1.807, 2.05) is 24.3 Å². The summed E-state index contributed by atoms with van der Waals surface area (Å²) in [4.78, 5) is 25.2. The highest BCUT2D eigenvalue weighted by molar-refractivity contribution is 5.82. The predicted octanol–water partition coefficient (Wildman–Crippen LogP) is 3.12. The first-order valence-electron chi connectivity index (χ1n) is 11.7. The van der Waals surface area contributed by atoms with Crippen molar-refractivity contribution in [3.05, 3.63) is 24.3 Å². The highest BCUT2D eigenvalue weighted by Crippen LogP contribution is 2.43. The Bertz CT molecular complexity index is 609. The van der Waals surface area contributed by atoms with Crippen LogP contribution in [0.4, 0.5) is 0 Å². The van der Waals surface area contributed by atoms with Gasteiger partial charge in [-0.2, -0.15) is 0 Å². The van der Waals surface area contributed by atoms with E-state index in [-0.39, 0.29) is 37.4 Å². The number of hydrogen-bond donors (Lipinski definition) is 0. The molecule has 7 heteroatoms. The van der Waals surface area contributed by atoms with Gasteiger partial charge in [0.15, 0.2) is 0 Å². The van der Waals surface area contributed by atoms with E-state index in [9.17, 15) is 9.59 Å². The van der Waals surface area contributed by atoms with Crippen LogP contribution in [0.15, 0.2) is 24.3 Å². The first-order chi connectivity index (χ1) is 15.2. The SMILES string of the molecule is O=C(OCC=CCCCC1CO1)C1CC2OC2CC1C(=O)OCC=CCCCC1CO1. The Morgan fingerprint density at radius 1 is 0.742 bits per heavy atom. The molecule has 0 aromatic carbocycles. The minimum Gasteiger partial charge on any atom is -0.461 e. The molecule has 0 amide bonds. The highest BCUT2D eigenvalue weighted by atomic mass is 16.6. The minimum atomic E-state index is -0.487. The molecule has 4 aliphatic rings. The first kappa shape index (κ1) is 22.5. The molecule has 0 aromatic heterocycles. The number of esters is 2. The van der Waals surface area contributed by atoms with Crippen molar-refractivity contribution < 1.29 is 33.3 Å². The predicted molar refractivity (Wildman–Crippen MR) is 112 cm³/mol. The summed E-state index contributed by atoms with van der Waals surface area (Å²) < 4.78 is 26.8. The average Bonchev–Trinajstić information content (AvgIpc) is 3.60. The van der Waals surface area contributed by atoms with Crippen molar-refractivity contribution in [1.29, 1.82) is 0 Å². The lowest BCUT2D eigenvalue weighted by molar-refractivity contribution is -0.160. The number of hydrogen-bond acceptors (Lipinski definition) is 7. The minimum absolute atomic E-state index is 0.0807. The number of fused-ring (bicyclic) bond motifs is 1. The molecule has 172 valence electrons. The summed E-state index contributed by atoms with van der Waals surface area (Å²) in [5, 5.41) is 0. The van der Waals surface area contributed by atoms with Crippen molar-refractivity contribution >= 4 is 11.9 Å². The van der Waals surface area contributed by atoms with Crippen LogP contribution in [0.25, 0.3) is 0 Å². The largest absolute Gasteiger partial charge is 0.461 e. The van der Waals surface area contributed by atoms with Gasteiger partial charge in [-0.05, 0) is 51.4 Å². The second-order valence-electron chi connectivity index (χ2n) is 8.87. The Labute approximate surface area is 184 Å². The van der Waals surface area contributed by atoms with Crippen LogP contribution in [-0.2, 0) is 33.3 Å². The van der Waals surface area contributed by atoms with Crippen LogP contribution in [0, 0.1) is 11.8 Å². The number of unbranched alkanes of at least 4 members (excludes halogenated alkanes) is 2. The van der Waals surface area contributed by atoms with Crippen molar-refractivity contribution in [1.82, 2.24) is 0 Å². The van der Waals surface area contributed by atoms with Gasteiger partial charge in [0, 0.05) is 0 Å². The van der Waals surface area contributed by atoms with Gasteiger partial charge in [0.1, 0.15) is 13.2 Å². The topological polar surface area (TPSA) is 90.2 Å². The van der Waals surface area contributed by atoms with Gasteiger partial charge in [0.05, 0.1) is 49.5 Å². The van der Waals surface area contributed by atoms with E-state index in [0.717, 1.165) is 51.7 Å². The molecule has 0 spiro atoms. The maximum absolute atomic E-state index is 12.6. The van der Waals surface area contributed by atoms with E-state index < -0.39 is 11.8 Å². The standard InChI is InChI=1S/C24H34O7/c25-23(27-11-7-3-1-5-9-17-15-29-17)19-13-21-22(31-21)14-20(19)24(26)28-12-8-4-2-6-10-18-16-30-18/h3-4,7-8,17-22H,1-2,5-6,9-16H2. The summed E-state index contributed by atoms with van der Waals surface area (Å²) >= 11 is 0. The molecule has 3 saturated heterocycles. The summed E-state index contributed by atoms with van der Waals surface area (Å²) in [6, 6.07) is 0. The van der Waals surface area contributed by atoms with Crippen LogP contribution in [0.5, 0.6) is 0 Å². The van der Waals surface area contributed by atoms with Crippen LogP contribution in [0.3, 0.4) is 0 Å². The number of carbonyl (C=O) groups is 2. The van der Waals surface area contributed by atoms with E-state index >= 15 is 0 Å². The molecule has 0 bridgehead atoms. The van der Waals surface area contributed by atoms with Crippen molar-refractivity contribution in [3.63, 3.8) is 0 Å². The fourth-order valence-corrected chi connectivity index (χ4v) is 4.19. The van der Waals surface area contributed by atoms with E-state index in [0.29, 0.717) is 25.0 Å². The lowest BCUT2D eigenvalue weighted by Crippen LogP contribution is -2.37. The second kappa shape index (κ2) is 11.2. The van der Waals surface area contributed by atoms with Crippen molar-refractivity contribution in [2.45, 2.75) is 75.8 Å². The van der Waals surface area contributed by atoms with Gasteiger partial charge in [-0.25, -0.2) is 0 Å². The maximum Gasteiger partial charge on any atom is 0.310 e. The molecule has 1 aliphatic carbocycles. The number of ether oxygens (including phenoxy) is 5. The summed E-state index contributed by atoms with van der Waals surface area (Å²) in [6.45, 7) is 2.26. The van der Waals surface area contributed by atoms with Crippen LogP contribution in [-0.4, -0.2) is 62.8 Å². The molecule has 3 aliphatic heterocycles. The van der Waals surface area contributed by atoms with Crippen molar-refractivity contribution in [3.8, 4) is 0 Å². The lowest BCUT2D eigenvalue weighted by atomic mass is 9.79. The van der Waals surface area contributed by atoms with Gasteiger partial charge in [0.2, 0.25) is 0 Å². The number of rotatable bonds is 14. The second-order valence-corrected chi connectivity index (χ2v) is 8.87. The number of carbonyl (C=O) groups excluding carboxylic acids is 2. The molecule has 0 radical (unpaired) electrons. The Balaban J connectivity index is 1.13. The smallest absolute Gasteiger partial charge is 0.310 e. The molecule has 4 fully saturated rings. The quantitative estimate of drug-likeness (QED) is 0.180. The normalized spacial score (nSPS) is 33.3. The third-order valence-corrected chi connectivity index (χ3v) is 6.33. The zero-order chi connectivity index (χ0) is 21.5. The summed E-state index contributed by atoms with van der Waals surface area (Å²) in [5.74, 6) is -1.63. The molecule has 6 atom stereocenters.